The molecule has 1 heterocycles. The lowest BCUT2D eigenvalue weighted by atomic mass is 10.1. The number of nitrogens with one attached hydrogen (secondary N) is 2. The van der Waals surface area contributed by atoms with Gasteiger partial charge in [0, 0.05) is 37.2 Å². The second-order valence-electron chi connectivity index (χ2n) is 8.13. The Hall–Kier alpha value is -3.26. The lowest BCUT2D eigenvalue weighted by molar-refractivity contribution is -0.126. The lowest BCUT2D eigenvalue weighted by Gasteiger charge is -2.21. The van der Waals surface area contributed by atoms with Crippen molar-refractivity contribution >= 4 is 40.7 Å². The maximum absolute atomic E-state index is 12.8. The zero-order valence-corrected chi connectivity index (χ0v) is 19.9. The van der Waals surface area contributed by atoms with E-state index in [1.54, 1.807) is 18.2 Å². The molecule has 0 aliphatic carbocycles. The summed E-state index contributed by atoms with van der Waals surface area (Å²) < 4.78 is 10.6. The van der Waals surface area contributed by atoms with Crippen molar-refractivity contribution in [2.24, 2.45) is 11.8 Å². The molecule has 0 spiro atoms. The number of halogens is 1. The molecule has 1 saturated heterocycles. The van der Waals surface area contributed by atoms with Crippen LogP contribution in [0.25, 0.3) is 0 Å². The molecule has 176 valence electrons. The maximum atomic E-state index is 12.8. The molecule has 1 atom stereocenters. The molecule has 3 amide bonds. The summed E-state index contributed by atoms with van der Waals surface area (Å²) in [7, 11) is 2.99. The largest absolute Gasteiger partial charge is 0.495 e. The van der Waals surface area contributed by atoms with Crippen molar-refractivity contribution in [2.75, 3.05) is 31.0 Å². The van der Waals surface area contributed by atoms with Gasteiger partial charge in [-0.3, -0.25) is 14.4 Å². The Morgan fingerprint density at radius 1 is 1.15 bits per heavy atom. The van der Waals surface area contributed by atoms with E-state index in [0.29, 0.717) is 27.9 Å². The predicted octanol–water partition coefficient (Wildman–Crippen LogP) is 3.62. The van der Waals surface area contributed by atoms with Crippen molar-refractivity contribution in [3.05, 3.63) is 47.0 Å². The second kappa shape index (κ2) is 10.6. The number of hydrogen-bond acceptors (Lipinski definition) is 5. The Labute approximate surface area is 198 Å². The van der Waals surface area contributed by atoms with Gasteiger partial charge in [0.25, 0.3) is 0 Å². The average Bonchev–Trinajstić information content (AvgIpc) is 3.18. The molecular formula is C24H28ClN3O5. The van der Waals surface area contributed by atoms with Gasteiger partial charge in [-0.25, -0.2) is 0 Å². The van der Waals surface area contributed by atoms with Gasteiger partial charge >= 0.3 is 0 Å². The fourth-order valence-corrected chi connectivity index (χ4v) is 3.79. The smallest absolute Gasteiger partial charge is 0.227 e. The minimum atomic E-state index is -0.507. The first-order chi connectivity index (χ1) is 15.7. The third-order valence-electron chi connectivity index (χ3n) is 5.43. The summed E-state index contributed by atoms with van der Waals surface area (Å²) in [5, 5.41) is 6.08. The van der Waals surface area contributed by atoms with Crippen molar-refractivity contribution in [3.63, 3.8) is 0 Å². The van der Waals surface area contributed by atoms with Crippen LogP contribution in [-0.4, -0.2) is 38.5 Å². The number of ether oxygens (including phenoxy) is 2. The molecule has 1 aliphatic rings. The topological polar surface area (TPSA) is 97.0 Å². The fraction of sp³-hybridized carbons (Fsp3) is 0.375. The Bertz CT molecular complexity index is 1060. The quantitative estimate of drug-likeness (QED) is 0.610. The van der Waals surface area contributed by atoms with Gasteiger partial charge in [-0.2, -0.15) is 0 Å². The van der Waals surface area contributed by atoms with Crippen LogP contribution in [0.4, 0.5) is 11.4 Å². The number of carbonyl (C=O) groups excluding carboxylic acids is 3. The lowest BCUT2D eigenvalue weighted by Crippen LogP contribution is -2.32. The van der Waals surface area contributed by atoms with Crippen molar-refractivity contribution < 1.29 is 23.9 Å². The Balaban J connectivity index is 1.65. The van der Waals surface area contributed by atoms with Crippen molar-refractivity contribution in [3.8, 4) is 11.5 Å². The minimum absolute atomic E-state index is 0.0743. The summed E-state index contributed by atoms with van der Waals surface area (Å²) in [5.41, 5.74) is 2.01. The average molecular weight is 474 g/mol. The summed E-state index contributed by atoms with van der Waals surface area (Å²) in [6.45, 7) is 4.14. The fourth-order valence-electron chi connectivity index (χ4n) is 3.55. The maximum Gasteiger partial charge on any atom is 0.227 e. The monoisotopic (exact) mass is 473 g/mol. The molecule has 1 fully saturated rings. The van der Waals surface area contributed by atoms with Crippen LogP contribution in [0.1, 0.15) is 25.8 Å². The molecule has 0 unspecified atom stereocenters. The molecule has 0 radical (unpaired) electrons. The highest BCUT2D eigenvalue weighted by Gasteiger charge is 2.36. The Morgan fingerprint density at radius 2 is 1.88 bits per heavy atom. The predicted molar refractivity (Wildman–Crippen MR) is 127 cm³/mol. The zero-order chi connectivity index (χ0) is 24.1. The molecule has 8 nitrogen and oxygen atoms in total. The van der Waals surface area contributed by atoms with Gasteiger partial charge in [-0.15, -0.1) is 0 Å². The summed E-state index contributed by atoms with van der Waals surface area (Å²) in [6, 6.07) is 10.5. The third-order valence-corrected chi connectivity index (χ3v) is 5.72. The first-order valence-corrected chi connectivity index (χ1v) is 11.0. The second-order valence-corrected chi connectivity index (χ2v) is 8.53. The highest BCUT2D eigenvalue weighted by atomic mass is 35.5. The SMILES string of the molecule is COc1cc(OC)c(N2C[C@H](C(=O)NCc3cccc(NC(=O)C(C)C)c3)CC2=O)cc1Cl. The molecule has 0 aromatic heterocycles. The first-order valence-electron chi connectivity index (χ1n) is 10.6. The van der Waals surface area contributed by atoms with Crippen LogP contribution >= 0.6 is 11.6 Å². The number of benzene rings is 2. The highest BCUT2D eigenvalue weighted by molar-refractivity contribution is 6.32. The number of carbonyl (C=O) groups is 3. The molecule has 2 N–H and O–H groups in total. The highest BCUT2D eigenvalue weighted by Crippen LogP contribution is 2.40. The minimum Gasteiger partial charge on any atom is -0.495 e. The number of nitrogens with zero attached hydrogens (tertiary/aromatic N) is 1. The van der Waals surface area contributed by atoms with E-state index in [-0.39, 0.29) is 43.1 Å². The number of hydrogen-bond donors (Lipinski definition) is 2. The first kappa shape index (κ1) is 24.4. The zero-order valence-electron chi connectivity index (χ0n) is 19.1. The van der Waals surface area contributed by atoms with Crippen LogP contribution in [0.15, 0.2) is 36.4 Å². The molecule has 9 heteroatoms. The molecule has 3 rings (SSSR count). The van der Waals surface area contributed by atoms with Gasteiger partial charge in [-0.1, -0.05) is 37.6 Å². The van der Waals surface area contributed by atoms with Crippen LogP contribution in [0.2, 0.25) is 5.02 Å². The van der Waals surface area contributed by atoms with Gasteiger partial charge < -0.3 is 25.0 Å². The van der Waals surface area contributed by atoms with E-state index in [0.717, 1.165) is 5.56 Å². The summed E-state index contributed by atoms with van der Waals surface area (Å²) in [5.74, 6) is -0.248. The number of rotatable bonds is 8. The van der Waals surface area contributed by atoms with Crippen molar-refractivity contribution in [1.82, 2.24) is 5.32 Å². The molecule has 33 heavy (non-hydrogen) atoms. The van der Waals surface area contributed by atoms with Gasteiger partial charge in [0.2, 0.25) is 17.7 Å². The number of anilines is 2. The Kier molecular flexibility index (Phi) is 7.81. The number of methoxy groups -OCH3 is 2. The van der Waals surface area contributed by atoms with E-state index in [1.165, 1.54) is 19.1 Å². The van der Waals surface area contributed by atoms with Crippen LogP contribution in [0.3, 0.4) is 0 Å². The van der Waals surface area contributed by atoms with Gasteiger partial charge in [0.1, 0.15) is 11.5 Å². The molecule has 2 aromatic rings. The Morgan fingerprint density at radius 3 is 2.55 bits per heavy atom. The number of amides is 3. The third kappa shape index (κ3) is 5.76. The summed E-state index contributed by atoms with van der Waals surface area (Å²) in [4.78, 5) is 38.9. The van der Waals surface area contributed by atoms with Gasteiger partial charge in [-0.05, 0) is 23.8 Å². The van der Waals surface area contributed by atoms with Gasteiger partial charge in [0.05, 0.1) is 30.8 Å². The molecule has 1 aliphatic heterocycles. The summed E-state index contributed by atoms with van der Waals surface area (Å²) >= 11 is 6.24. The van der Waals surface area contributed by atoms with E-state index in [4.69, 9.17) is 21.1 Å². The van der Waals surface area contributed by atoms with Crippen LogP contribution in [0, 0.1) is 11.8 Å². The summed E-state index contributed by atoms with van der Waals surface area (Å²) in [6.07, 6.45) is 0.0864. The molecule has 2 aromatic carbocycles. The van der Waals surface area contributed by atoms with Gasteiger partial charge in [0.15, 0.2) is 0 Å². The van der Waals surface area contributed by atoms with Crippen molar-refractivity contribution in [1.29, 1.82) is 0 Å². The molecule has 0 saturated carbocycles. The van der Waals surface area contributed by atoms with Crippen LogP contribution in [0.5, 0.6) is 11.5 Å². The van der Waals surface area contributed by atoms with E-state index in [1.807, 2.05) is 32.0 Å². The van der Waals surface area contributed by atoms with E-state index < -0.39 is 5.92 Å². The van der Waals surface area contributed by atoms with E-state index in [2.05, 4.69) is 10.6 Å². The molecular weight excluding hydrogens is 446 g/mol. The van der Waals surface area contributed by atoms with Crippen LogP contribution < -0.4 is 25.0 Å². The molecule has 0 bridgehead atoms. The van der Waals surface area contributed by atoms with E-state index in [9.17, 15) is 14.4 Å². The van der Waals surface area contributed by atoms with Crippen molar-refractivity contribution in [2.45, 2.75) is 26.8 Å². The van der Waals surface area contributed by atoms with Crippen LogP contribution in [-0.2, 0) is 20.9 Å². The standard InChI is InChI=1S/C24H28ClN3O5/c1-14(2)23(30)27-17-7-5-6-15(8-17)12-26-24(31)16-9-22(29)28(13-16)19-10-18(25)20(32-3)11-21(19)33-4/h5-8,10-11,14,16H,9,12-13H2,1-4H3,(H,26,31)(H,27,30)/t16-/m1/s1. The normalized spacial score (nSPS) is 15.5. The van der Waals surface area contributed by atoms with E-state index >= 15 is 0 Å².